The van der Waals surface area contributed by atoms with E-state index in [1.807, 2.05) is 30.3 Å². The van der Waals surface area contributed by atoms with E-state index in [2.05, 4.69) is 5.29 Å². The number of amides is 1. The molecule has 5 heteroatoms. The van der Waals surface area contributed by atoms with Gasteiger partial charge in [0.2, 0.25) is 0 Å². The number of rotatable bonds is 2. The summed E-state index contributed by atoms with van der Waals surface area (Å²) in [5.41, 5.74) is 0.845. The van der Waals surface area contributed by atoms with Crippen molar-refractivity contribution in [2.45, 2.75) is 6.04 Å². The van der Waals surface area contributed by atoms with Crippen LogP contribution in [0.15, 0.2) is 35.6 Å². The first kappa shape index (κ1) is 8.68. The first-order valence-electron chi connectivity index (χ1n) is 4.17. The first-order valence-corrected chi connectivity index (χ1v) is 4.17. The largest absolute Gasteiger partial charge is 0.445 e. The standard InChI is InChI=1S/C9H8N2O3/c12-9-11(10-13)8(6-14-9)7-4-2-1-3-5-7/h1-5,8H,6H2. The number of cyclic esters (lactones) is 1. The molecule has 1 aliphatic rings. The fourth-order valence-corrected chi connectivity index (χ4v) is 1.42. The minimum absolute atomic E-state index is 0.175. The number of hydrogen-bond acceptors (Lipinski definition) is 4. The molecule has 1 amide bonds. The zero-order valence-corrected chi connectivity index (χ0v) is 7.29. The van der Waals surface area contributed by atoms with Gasteiger partial charge in [0.25, 0.3) is 0 Å². The number of hydrogen-bond donors (Lipinski definition) is 0. The molecular weight excluding hydrogens is 184 g/mol. The van der Waals surface area contributed by atoms with Gasteiger partial charge in [-0.3, -0.25) is 0 Å². The molecule has 0 saturated carbocycles. The van der Waals surface area contributed by atoms with E-state index in [-0.39, 0.29) is 12.6 Å². The molecule has 0 bridgehead atoms. The van der Waals surface area contributed by atoms with Crippen molar-refractivity contribution in [2.24, 2.45) is 5.29 Å². The molecule has 1 fully saturated rings. The van der Waals surface area contributed by atoms with Crippen LogP contribution in [0.25, 0.3) is 0 Å². The number of benzene rings is 1. The summed E-state index contributed by atoms with van der Waals surface area (Å²) >= 11 is 0. The van der Waals surface area contributed by atoms with Crippen LogP contribution in [0.2, 0.25) is 0 Å². The van der Waals surface area contributed by atoms with Crippen molar-refractivity contribution in [3.63, 3.8) is 0 Å². The van der Waals surface area contributed by atoms with E-state index < -0.39 is 6.09 Å². The molecule has 1 unspecified atom stereocenters. The molecule has 72 valence electrons. The van der Waals surface area contributed by atoms with Crippen molar-refractivity contribution in [3.8, 4) is 0 Å². The zero-order chi connectivity index (χ0) is 9.97. The van der Waals surface area contributed by atoms with Gasteiger partial charge >= 0.3 is 6.09 Å². The van der Waals surface area contributed by atoms with Crippen molar-refractivity contribution in [1.82, 2.24) is 5.01 Å². The van der Waals surface area contributed by atoms with Gasteiger partial charge < -0.3 is 4.74 Å². The molecule has 0 aromatic heterocycles. The molecule has 0 spiro atoms. The summed E-state index contributed by atoms with van der Waals surface area (Å²) in [6, 6.07) is 8.79. The average molecular weight is 192 g/mol. The lowest BCUT2D eigenvalue weighted by Crippen LogP contribution is -2.20. The van der Waals surface area contributed by atoms with Crippen molar-refractivity contribution < 1.29 is 9.53 Å². The average Bonchev–Trinajstić information content (AvgIpc) is 2.61. The maximum absolute atomic E-state index is 11.0. The number of nitrogens with zero attached hydrogens (tertiary/aromatic N) is 2. The van der Waals surface area contributed by atoms with Crippen LogP contribution in [-0.2, 0) is 4.74 Å². The number of nitroso groups, excluding NO2 is 1. The molecule has 1 heterocycles. The fourth-order valence-electron chi connectivity index (χ4n) is 1.42. The second-order valence-electron chi connectivity index (χ2n) is 2.93. The second-order valence-corrected chi connectivity index (χ2v) is 2.93. The topological polar surface area (TPSA) is 59.0 Å². The molecule has 2 rings (SSSR count). The Balaban J connectivity index is 2.27. The molecule has 14 heavy (non-hydrogen) atoms. The Labute approximate surface area is 80.2 Å². The lowest BCUT2D eigenvalue weighted by atomic mass is 10.1. The Bertz CT molecular complexity index is 352. The smallest absolute Gasteiger partial charge is 0.433 e. The van der Waals surface area contributed by atoms with E-state index in [4.69, 9.17) is 4.74 Å². The SMILES string of the molecule is O=NN1C(=O)OCC1c1ccccc1. The maximum atomic E-state index is 11.0. The van der Waals surface area contributed by atoms with Gasteiger partial charge in [0.1, 0.15) is 12.6 Å². The van der Waals surface area contributed by atoms with Gasteiger partial charge in [0, 0.05) is 0 Å². The van der Waals surface area contributed by atoms with Crippen molar-refractivity contribution >= 4 is 6.09 Å². The lowest BCUT2D eigenvalue weighted by molar-refractivity contribution is 0.158. The summed E-state index contributed by atoms with van der Waals surface area (Å²) in [6.07, 6.45) is -0.686. The Morgan fingerprint density at radius 3 is 2.71 bits per heavy atom. The van der Waals surface area contributed by atoms with Gasteiger partial charge in [-0.15, -0.1) is 4.91 Å². The summed E-state index contributed by atoms with van der Waals surface area (Å²) in [5, 5.41) is 3.45. The van der Waals surface area contributed by atoms with Gasteiger partial charge in [0.15, 0.2) is 0 Å². The third-order valence-corrected chi connectivity index (χ3v) is 2.12. The van der Waals surface area contributed by atoms with E-state index in [0.29, 0.717) is 0 Å². The zero-order valence-electron chi connectivity index (χ0n) is 7.29. The van der Waals surface area contributed by atoms with Crippen LogP contribution in [0.3, 0.4) is 0 Å². The Hall–Kier alpha value is -1.91. The highest BCUT2D eigenvalue weighted by molar-refractivity contribution is 5.70. The Morgan fingerprint density at radius 1 is 1.36 bits per heavy atom. The molecule has 1 saturated heterocycles. The highest BCUT2D eigenvalue weighted by Gasteiger charge is 2.35. The van der Waals surface area contributed by atoms with Crippen LogP contribution in [0.5, 0.6) is 0 Å². The normalized spacial score (nSPS) is 20.7. The van der Waals surface area contributed by atoms with Gasteiger partial charge in [-0.1, -0.05) is 30.3 Å². The fraction of sp³-hybridized carbons (Fsp3) is 0.222. The minimum Gasteiger partial charge on any atom is -0.445 e. The predicted octanol–water partition coefficient (Wildman–Crippen LogP) is 1.86. The van der Waals surface area contributed by atoms with E-state index in [1.165, 1.54) is 0 Å². The Morgan fingerprint density at radius 2 is 2.07 bits per heavy atom. The van der Waals surface area contributed by atoms with Crippen LogP contribution >= 0.6 is 0 Å². The summed E-state index contributed by atoms with van der Waals surface area (Å²) in [5.74, 6) is 0. The molecular formula is C9H8N2O3. The second kappa shape index (κ2) is 3.45. The highest BCUT2D eigenvalue weighted by atomic mass is 16.6. The summed E-state index contributed by atoms with van der Waals surface area (Å²) in [6.45, 7) is 0.175. The maximum Gasteiger partial charge on any atom is 0.433 e. The van der Waals surface area contributed by atoms with Crippen molar-refractivity contribution in [3.05, 3.63) is 40.8 Å². The quantitative estimate of drug-likeness (QED) is 0.672. The molecule has 0 radical (unpaired) electrons. The molecule has 5 nitrogen and oxygen atoms in total. The van der Waals surface area contributed by atoms with E-state index in [0.717, 1.165) is 10.6 Å². The molecule has 0 aliphatic carbocycles. The lowest BCUT2D eigenvalue weighted by Gasteiger charge is -2.11. The third kappa shape index (κ3) is 1.32. The van der Waals surface area contributed by atoms with Crippen molar-refractivity contribution in [1.29, 1.82) is 0 Å². The summed E-state index contributed by atoms with van der Waals surface area (Å²) in [4.78, 5) is 21.4. The number of carbonyl (C=O) groups excluding carboxylic acids is 1. The van der Waals surface area contributed by atoms with Crippen LogP contribution < -0.4 is 0 Å². The van der Waals surface area contributed by atoms with Gasteiger partial charge in [0.05, 0.1) is 5.29 Å². The number of carbonyl (C=O) groups is 1. The molecule has 1 aromatic carbocycles. The van der Waals surface area contributed by atoms with Crippen LogP contribution in [0.4, 0.5) is 4.79 Å². The molecule has 1 atom stereocenters. The summed E-state index contributed by atoms with van der Waals surface area (Å²) < 4.78 is 4.72. The van der Waals surface area contributed by atoms with E-state index in [1.54, 1.807) is 0 Å². The minimum atomic E-state index is -0.686. The van der Waals surface area contributed by atoms with Gasteiger partial charge in [-0.25, -0.2) is 4.79 Å². The predicted molar refractivity (Wildman–Crippen MR) is 48.2 cm³/mol. The van der Waals surface area contributed by atoms with Crippen LogP contribution in [0, 0.1) is 4.91 Å². The van der Waals surface area contributed by atoms with Crippen molar-refractivity contribution in [2.75, 3.05) is 6.61 Å². The first-order chi connectivity index (χ1) is 6.83. The monoisotopic (exact) mass is 192 g/mol. The van der Waals surface area contributed by atoms with Gasteiger partial charge in [-0.05, 0) is 5.56 Å². The van der Waals surface area contributed by atoms with Crippen LogP contribution in [-0.4, -0.2) is 17.7 Å². The third-order valence-electron chi connectivity index (χ3n) is 2.12. The Kier molecular flexibility index (Phi) is 2.14. The molecule has 1 aromatic rings. The van der Waals surface area contributed by atoms with E-state index in [9.17, 15) is 9.70 Å². The summed E-state index contributed by atoms with van der Waals surface area (Å²) in [7, 11) is 0. The molecule has 0 N–H and O–H groups in total. The molecule has 1 aliphatic heterocycles. The number of ether oxygens (including phenoxy) is 1. The van der Waals surface area contributed by atoms with E-state index >= 15 is 0 Å². The van der Waals surface area contributed by atoms with Gasteiger partial charge in [-0.2, -0.15) is 5.01 Å². The highest BCUT2D eigenvalue weighted by Crippen LogP contribution is 2.27. The van der Waals surface area contributed by atoms with Crippen LogP contribution in [0.1, 0.15) is 11.6 Å².